The van der Waals surface area contributed by atoms with Gasteiger partial charge in [-0.1, -0.05) is 57.2 Å². The lowest BCUT2D eigenvalue weighted by atomic mass is 10.1. The molecule has 1 aromatic carbocycles. The van der Waals surface area contributed by atoms with E-state index in [0.29, 0.717) is 0 Å². The van der Waals surface area contributed by atoms with E-state index in [0.717, 1.165) is 17.3 Å². The molecule has 0 unspecified atom stereocenters. The molecule has 0 atom stereocenters. The largest absolute Gasteiger partial charge is 0.362 e. The molecule has 19 heavy (non-hydrogen) atoms. The number of nitrogens with one attached hydrogen (secondary N) is 2. The van der Waals surface area contributed by atoms with Gasteiger partial charge in [0.25, 0.3) is 0 Å². The van der Waals surface area contributed by atoms with Crippen LogP contribution in [0.25, 0.3) is 0 Å². The van der Waals surface area contributed by atoms with E-state index in [4.69, 9.17) is 12.2 Å². The fraction of sp³-hybridized carbons (Fsp3) is 0.562. The fourth-order valence-corrected chi connectivity index (χ4v) is 2.20. The molecule has 0 saturated heterocycles. The fourth-order valence-electron chi connectivity index (χ4n) is 1.99. The average molecular weight is 278 g/mol. The number of para-hydroxylation sites is 1. The third kappa shape index (κ3) is 7.16. The minimum Gasteiger partial charge on any atom is -0.362 e. The van der Waals surface area contributed by atoms with Crippen LogP contribution >= 0.6 is 12.2 Å². The molecule has 1 rings (SSSR count). The molecular weight excluding hydrogens is 252 g/mol. The molecule has 3 heteroatoms. The van der Waals surface area contributed by atoms with Crippen LogP contribution in [0, 0.1) is 6.92 Å². The Kier molecular flexibility index (Phi) is 8.23. The Labute approximate surface area is 123 Å². The van der Waals surface area contributed by atoms with Crippen LogP contribution in [0.5, 0.6) is 0 Å². The molecule has 0 saturated carbocycles. The molecule has 2 N–H and O–H groups in total. The van der Waals surface area contributed by atoms with E-state index in [-0.39, 0.29) is 0 Å². The van der Waals surface area contributed by atoms with E-state index in [1.165, 1.54) is 44.1 Å². The Morgan fingerprint density at radius 1 is 1.05 bits per heavy atom. The molecule has 0 fully saturated rings. The summed E-state index contributed by atoms with van der Waals surface area (Å²) in [6, 6.07) is 8.19. The summed E-state index contributed by atoms with van der Waals surface area (Å²) in [5.41, 5.74) is 2.30. The van der Waals surface area contributed by atoms with Crippen LogP contribution in [0.15, 0.2) is 24.3 Å². The van der Waals surface area contributed by atoms with E-state index >= 15 is 0 Å². The summed E-state index contributed by atoms with van der Waals surface area (Å²) >= 11 is 5.29. The van der Waals surface area contributed by atoms with Crippen LogP contribution in [0.2, 0.25) is 0 Å². The van der Waals surface area contributed by atoms with Gasteiger partial charge in [0, 0.05) is 12.2 Å². The number of benzene rings is 1. The molecule has 0 heterocycles. The number of aryl methyl sites for hydroxylation is 1. The molecule has 0 aliphatic rings. The number of unbranched alkanes of at least 4 members (excludes halogenated alkanes) is 5. The predicted molar refractivity (Wildman–Crippen MR) is 88.8 cm³/mol. The lowest BCUT2D eigenvalue weighted by molar-refractivity contribution is 0.603. The maximum absolute atomic E-state index is 5.29. The molecule has 0 amide bonds. The third-order valence-corrected chi connectivity index (χ3v) is 3.46. The quantitative estimate of drug-likeness (QED) is 0.535. The summed E-state index contributed by atoms with van der Waals surface area (Å²) in [6.07, 6.45) is 7.86. The normalized spacial score (nSPS) is 10.2. The molecule has 0 radical (unpaired) electrons. The Bertz CT molecular complexity index is 377. The van der Waals surface area contributed by atoms with Crippen molar-refractivity contribution in [1.29, 1.82) is 0 Å². The molecule has 0 aromatic heterocycles. The van der Waals surface area contributed by atoms with Crippen LogP contribution in [-0.4, -0.2) is 11.7 Å². The molecule has 0 spiro atoms. The van der Waals surface area contributed by atoms with Gasteiger partial charge in [0.15, 0.2) is 5.11 Å². The maximum Gasteiger partial charge on any atom is 0.170 e. The monoisotopic (exact) mass is 278 g/mol. The van der Waals surface area contributed by atoms with E-state index in [1.807, 2.05) is 18.2 Å². The lowest BCUT2D eigenvalue weighted by Crippen LogP contribution is -2.29. The van der Waals surface area contributed by atoms with Crippen molar-refractivity contribution in [3.63, 3.8) is 0 Å². The van der Waals surface area contributed by atoms with Crippen molar-refractivity contribution >= 4 is 23.0 Å². The molecule has 0 aliphatic heterocycles. The highest BCUT2D eigenvalue weighted by Gasteiger charge is 1.99. The van der Waals surface area contributed by atoms with Gasteiger partial charge in [-0.2, -0.15) is 0 Å². The van der Waals surface area contributed by atoms with Gasteiger partial charge in [0.05, 0.1) is 0 Å². The summed E-state index contributed by atoms with van der Waals surface area (Å²) in [5, 5.41) is 7.24. The SMILES string of the molecule is CCCCCCCCNC(=S)Nc1ccccc1C. The lowest BCUT2D eigenvalue weighted by Gasteiger charge is -2.12. The molecule has 1 aromatic rings. The molecule has 106 valence electrons. The van der Waals surface area contributed by atoms with E-state index in [2.05, 4.69) is 30.5 Å². The zero-order valence-electron chi connectivity index (χ0n) is 12.2. The van der Waals surface area contributed by atoms with Gasteiger partial charge in [-0.25, -0.2) is 0 Å². The minimum atomic E-state index is 0.725. The highest BCUT2D eigenvalue weighted by atomic mass is 32.1. The van der Waals surface area contributed by atoms with Gasteiger partial charge in [-0.05, 0) is 37.2 Å². The highest BCUT2D eigenvalue weighted by Crippen LogP contribution is 2.12. The Morgan fingerprint density at radius 3 is 2.47 bits per heavy atom. The standard InChI is InChI=1S/C16H26N2S/c1-3-4-5-6-7-10-13-17-16(19)18-15-12-9-8-11-14(15)2/h8-9,11-12H,3-7,10,13H2,1-2H3,(H2,17,18,19). The van der Waals surface area contributed by atoms with Crippen molar-refractivity contribution in [2.75, 3.05) is 11.9 Å². The first-order valence-electron chi connectivity index (χ1n) is 7.34. The predicted octanol–water partition coefficient (Wildman–Crippen LogP) is 4.64. The molecule has 0 aliphatic carbocycles. The topological polar surface area (TPSA) is 24.1 Å². The van der Waals surface area contributed by atoms with Gasteiger partial charge >= 0.3 is 0 Å². The van der Waals surface area contributed by atoms with Crippen LogP contribution in [-0.2, 0) is 0 Å². The number of rotatable bonds is 8. The van der Waals surface area contributed by atoms with Crippen molar-refractivity contribution in [3.8, 4) is 0 Å². The summed E-state index contributed by atoms with van der Waals surface area (Å²) in [7, 11) is 0. The van der Waals surface area contributed by atoms with Crippen LogP contribution in [0.1, 0.15) is 51.0 Å². The van der Waals surface area contributed by atoms with Crippen LogP contribution in [0.3, 0.4) is 0 Å². The van der Waals surface area contributed by atoms with Crippen molar-refractivity contribution in [2.45, 2.75) is 52.4 Å². The second-order valence-electron chi connectivity index (χ2n) is 4.96. The smallest absolute Gasteiger partial charge is 0.170 e. The van der Waals surface area contributed by atoms with Gasteiger partial charge in [-0.15, -0.1) is 0 Å². The van der Waals surface area contributed by atoms with Gasteiger partial charge in [0.2, 0.25) is 0 Å². The minimum absolute atomic E-state index is 0.725. The van der Waals surface area contributed by atoms with Gasteiger partial charge < -0.3 is 10.6 Å². The second kappa shape index (κ2) is 9.79. The van der Waals surface area contributed by atoms with Crippen molar-refractivity contribution in [3.05, 3.63) is 29.8 Å². The van der Waals surface area contributed by atoms with Crippen molar-refractivity contribution in [1.82, 2.24) is 5.32 Å². The summed E-state index contributed by atoms with van der Waals surface area (Å²) < 4.78 is 0. The second-order valence-corrected chi connectivity index (χ2v) is 5.37. The Balaban J connectivity index is 2.10. The van der Waals surface area contributed by atoms with Crippen LogP contribution in [0.4, 0.5) is 5.69 Å². The maximum atomic E-state index is 5.29. The average Bonchev–Trinajstić information content (AvgIpc) is 2.40. The Morgan fingerprint density at radius 2 is 1.74 bits per heavy atom. The summed E-state index contributed by atoms with van der Waals surface area (Å²) in [5.74, 6) is 0. The van der Waals surface area contributed by atoms with Crippen molar-refractivity contribution < 1.29 is 0 Å². The van der Waals surface area contributed by atoms with E-state index in [1.54, 1.807) is 0 Å². The summed E-state index contributed by atoms with van der Waals surface area (Å²) in [6.45, 7) is 5.29. The first-order valence-corrected chi connectivity index (χ1v) is 7.75. The number of anilines is 1. The highest BCUT2D eigenvalue weighted by molar-refractivity contribution is 7.80. The van der Waals surface area contributed by atoms with E-state index < -0.39 is 0 Å². The first kappa shape index (κ1) is 16.0. The Hall–Kier alpha value is -1.09. The number of thiocarbonyl (C=S) groups is 1. The number of hydrogen-bond donors (Lipinski definition) is 2. The summed E-state index contributed by atoms with van der Waals surface area (Å²) in [4.78, 5) is 0. The van der Waals surface area contributed by atoms with Crippen LogP contribution < -0.4 is 10.6 Å². The zero-order chi connectivity index (χ0) is 13.9. The van der Waals surface area contributed by atoms with Gasteiger partial charge in [0.1, 0.15) is 0 Å². The van der Waals surface area contributed by atoms with E-state index in [9.17, 15) is 0 Å². The molecular formula is C16H26N2S. The number of hydrogen-bond acceptors (Lipinski definition) is 1. The van der Waals surface area contributed by atoms with Gasteiger partial charge in [-0.3, -0.25) is 0 Å². The first-order chi connectivity index (χ1) is 9.24. The van der Waals surface area contributed by atoms with Crippen molar-refractivity contribution in [2.24, 2.45) is 0 Å². The zero-order valence-corrected chi connectivity index (χ0v) is 13.0. The third-order valence-electron chi connectivity index (χ3n) is 3.21. The molecule has 2 nitrogen and oxygen atoms in total. The molecule has 0 bridgehead atoms.